The first-order chi connectivity index (χ1) is 5.80. The summed E-state index contributed by atoms with van der Waals surface area (Å²) in [7, 11) is 0. The van der Waals surface area contributed by atoms with Crippen LogP contribution in [0.1, 0.15) is 38.5 Å². The van der Waals surface area contributed by atoms with E-state index in [9.17, 15) is 4.53 Å². The zero-order valence-corrected chi connectivity index (χ0v) is 8.26. The van der Waals surface area contributed by atoms with E-state index in [0.717, 1.165) is 37.0 Å². The average molecular weight is 177 g/mol. The van der Waals surface area contributed by atoms with Gasteiger partial charge in [-0.25, -0.2) is 0 Å². The molecule has 0 aromatic rings. The summed E-state index contributed by atoms with van der Waals surface area (Å²) in [4.78, 5) is 4.25. The van der Waals surface area contributed by atoms with Crippen LogP contribution in [-0.4, -0.2) is 24.5 Å². The third kappa shape index (κ3) is 1.48. The molecule has 0 aromatic carbocycles. The van der Waals surface area contributed by atoms with Gasteiger partial charge in [0.2, 0.25) is 0 Å². The van der Waals surface area contributed by atoms with E-state index in [4.69, 9.17) is 0 Å². The Morgan fingerprint density at radius 3 is 1.62 bits per heavy atom. The molecule has 4 bridgehead atoms. The van der Waals surface area contributed by atoms with Crippen LogP contribution >= 0.6 is 0 Å². The van der Waals surface area contributed by atoms with Gasteiger partial charge in [-0.05, 0) is 60.8 Å². The topological polar surface area (TPSA) is 9.23 Å². The summed E-state index contributed by atoms with van der Waals surface area (Å²) in [5.74, 6) is 2.35. The molecule has 4 aliphatic carbocycles. The van der Waals surface area contributed by atoms with Crippen molar-refractivity contribution < 1.29 is 9.47 Å². The van der Waals surface area contributed by atoms with Gasteiger partial charge < -0.3 is 0 Å². The number of halogens is 1. The molecule has 13 heavy (non-hydrogen) atoms. The van der Waals surface area contributed by atoms with Gasteiger partial charge in [0.25, 0.3) is 0 Å². The number of hydrogen-bond acceptors (Lipinski definition) is 1. The van der Waals surface area contributed by atoms with Crippen LogP contribution in [0.15, 0.2) is 0 Å². The Morgan fingerprint density at radius 1 is 0.923 bits per heavy atom. The van der Waals surface area contributed by atoms with E-state index in [1.807, 2.05) is 0 Å². The van der Waals surface area contributed by atoms with Crippen molar-refractivity contribution in [2.45, 2.75) is 44.1 Å². The summed E-state index contributed by atoms with van der Waals surface area (Å²) in [6.45, 7) is 0. The van der Waals surface area contributed by atoms with Crippen molar-refractivity contribution in [3.8, 4) is 0 Å². The van der Waals surface area contributed by atoms with E-state index in [1.54, 1.807) is 0 Å². The SMILES string of the molecule is FOC12CC3CC(CC(C3)C1)C2.[Li]. The van der Waals surface area contributed by atoms with E-state index in [0.29, 0.717) is 0 Å². The summed E-state index contributed by atoms with van der Waals surface area (Å²) in [6, 6.07) is 0. The monoisotopic (exact) mass is 177 g/mol. The van der Waals surface area contributed by atoms with E-state index >= 15 is 0 Å². The molecule has 0 aliphatic heterocycles. The molecule has 69 valence electrons. The van der Waals surface area contributed by atoms with Crippen molar-refractivity contribution in [1.82, 2.24) is 0 Å². The number of rotatable bonds is 1. The molecule has 0 atom stereocenters. The van der Waals surface area contributed by atoms with Gasteiger partial charge in [-0.15, -0.1) is 0 Å². The van der Waals surface area contributed by atoms with Crippen molar-refractivity contribution in [2.75, 3.05) is 0 Å². The molecule has 3 heteroatoms. The van der Waals surface area contributed by atoms with Gasteiger partial charge in [-0.3, -0.25) is 0 Å². The van der Waals surface area contributed by atoms with Crippen LogP contribution < -0.4 is 0 Å². The molecule has 1 radical (unpaired) electrons. The smallest absolute Gasteiger partial charge is 0.110 e. The minimum absolute atomic E-state index is 0. The van der Waals surface area contributed by atoms with Crippen molar-refractivity contribution in [3.63, 3.8) is 0 Å². The first-order valence-corrected chi connectivity index (χ1v) is 5.09. The Bertz CT molecular complexity index is 172. The minimum atomic E-state index is -0.325. The number of hydrogen-bond donors (Lipinski definition) is 0. The van der Waals surface area contributed by atoms with Gasteiger partial charge in [0, 0.05) is 18.9 Å². The fraction of sp³-hybridized carbons (Fsp3) is 1.00. The maximum Gasteiger partial charge on any atom is 0.110 e. The van der Waals surface area contributed by atoms with Crippen LogP contribution in [0.4, 0.5) is 4.53 Å². The summed E-state index contributed by atoms with van der Waals surface area (Å²) >= 11 is 0. The first-order valence-electron chi connectivity index (χ1n) is 5.09. The normalized spacial score (nSPS) is 51.9. The molecule has 0 spiro atoms. The average Bonchev–Trinajstić information content (AvgIpc) is 2.02. The third-order valence-corrected chi connectivity index (χ3v) is 4.15. The van der Waals surface area contributed by atoms with Crippen LogP contribution in [-0.2, 0) is 4.94 Å². The van der Waals surface area contributed by atoms with Crippen LogP contribution in [0.25, 0.3) is 0 Å². The maximum atomic E-state index is 12.4. The largest absolute Gasteiger partial charge is 0.188 e. The van der Waals surface area contributed by atoms with Gasteiger partial charge in [0.05, 0.1) is 0 Å². The Morgan fingerprint density at radius 2 is 1.31 bits per heavy atom. The molecule has 4 saturated carbocycles. The fourth-order valence-electron chi connectivity index (χ4n) is 4.13. The van der Waals surface area contributed by atoms with E-state index < -0.39 is 0 Å². The molecule has 1 nitrogen and oxygen atoms in total. The van der Waals surface area contributed by atoms with E-state index in [2.05, 4.69) is 4.94 Å². The maximum absolute atomic E-state index is 12.4. The zero-order chi connectivity index (χ0) is 8.18. The second kappa shape index (κ2) is 3.26. The molecule has 4 fully saturated rings. The van der Waals surface area contributed by atoms with Crippen molar-refractivity contribution in [3.05, 3.63) is 0 Å². The Balaban J connectivity index is 0.000000653. The van der Waals surface area contributed by atoms with Gasteiger partial charge in [0.15, 0.2) is 0 Å². The fourth-order valence-corrected chi connectivity index (χ4v) is 4.13. The molecule has 0 N–H and O–H groups in total. The molecular formula is C10H15FLiO. The van der Waals surface area contributed by atoms with Gasteiger partial charge in [0.1, 0.15) is 5.60 Å². The van der Waals surface area contributed by atoms with Crippen LogP contribution in [0.3, 0.4) is 0 Å². The van der Waals surface area contributed by atoms with Crippen LogP contribution in [0, 0.1) is 17.8 Å². The molecule has 4 aliphatic rings. The van der Waals surface area contributed by atoms with Crippen LogP contribution in [0.2, 0.25) is 0 Å². The summed E-state index contributed by atoms with van der Waals surface area (Å²) in [6.07, 6.45) is 7.04. The molecular weight excluding hydrogens is 162 g/mol. The summed E-state index contributed by atoms with van der Waals surface area (Å²) < 4.78 is 12.4. The van der Waals surface area contributed by atoms with Crippen molar-refractivity contribution in [1.29, 1.82) is 0 Å². The summed E-state index contributed by atoms with van der Waals surface area (Å²) in [5.41, 5.74) is -0.325. The Kier molecular flexibility index (Phi) is 2.51. The predicted octanol–water partition coefficient (Wildman–Crippen LogP) is 2.48. The standard InChI is InChI=1S/C10H15FO.Li/c11-12-10-4-7-1-8(5-10)3-9(2-7)6-10;/h7-9H,1-6H2;. The van der Waals surface area contributed by atoms with Gasteiger partial charge in [-0.1, -0.05) is 0 Å². The van der Waals surface area contributed by atoms with Crippen molar-refractivity contribution in [2.24, 2.45) is 17.8 Å². The van der Waals surface area contributed by atoms with Gasteiger partial charge >= 0.3 is 0 Å². The quantitative estimate of drug-likeness (QED) is 0.559. The van der Waals surface area contributed by atoms with Crippen molar-refractivity contribution >= 4 is 18.9 Å². The molecule has 0 saturated heterocycles. The Labute approximate surface area is 90.5 Å². The molecule has 0 aromatic heterocycles. The Hall–Kier alpha value is 0.487. The zero-order valence-electron chi connectivity index (χ0n) is 8.26. The minimum Gasteiger partial charge on any atom is -0.188 e. The molecule has 0 heterocycles. The molecule has 4 rings (SSSR count). The molecule has 0 amide bonds. The van der Waals surface area contributed by atoms with E-state index in [1.165, 1.54) is 19.3 Å². The third-order valence-electron chi connectivity index (χ3n) is 4.15. The molecule has 0 unspecified atom stereocenters. The predicted molar refractivity (Wildman–Crippen MR) is 48.9 cm³/mol. The second-order valence-electron chi connectivity index (χ2n) is 5.18. The first kappa shape index (κ1) is 10.0. The summed E-state index contributed by atoms with van der Waals surface area (Å²) in [5, 5.41) is 0. The van der Waals surface area contributed by atoms with Crippen LogP contribution in [0.5, 0.6) is 0 Å². The van der Waals surface area contributed by atoms with Gasteiger partial charge in [-0.2, -0.15) is 4.94 Å². The van der Waals surface area contributed by atoms with E-state index in [-0.39, 0.29) is 24.5 Å². The second-order valence-corrected chi connectivity index (χ2v) is 5.18.